The highest BCUT2D eigenvalue weighted by atomic mass is 16.7. The molecule has 15 heavy (non-hydrogen) atoms. The van der Waals surface area contributed by atoms with Crippen molar-refractivity contribution in [3.63, 3.8) is 0 Å². The first-order valence-electron chi connectivity index (χ1n) is 5.16. The summed E-state index contributed by atoms with van der Waals surface area (Å²) in [7, 11) is 0. The van der Waals surface area contributed by atoms with Crippen molar-refractivity contribution < 1.29 is 14.3 Å². The molecular weight excluding hydrogens is 192 g/mol. The smallest absolute Gasteiger partial charge is 0.184 e. The molecule has 1 aliphatic heterocycles. The summed E-state index contributed by atoms with van der Waals surface area (Å²) in [5.74, 6) is 0. The van der Waals surface area contributed by atoms with Crippen molar-refractivity contribution in [2.75, 3.05) is 6.61 Å². The van der Waals surface area contributed by atoms with Gasteiger partial charge in [0.1, 0.15) is 6.29 Å². The van der Waals surface area contributed by atoms with Gasteiger partial charge in [-0.3, -0.25) is 0 Å². The number of hydrogen-bond donors (Lipinski definition) is 0. The number of hydrogen-bond acceptors (Lipinski definition) is 3. The molecule has 1 saturated heterocycles. The average molecular weight is 206 g/mol. The van der Waals surface area contributed by atoms with Gasteiger partial charge < -0.3 is 14.3 Å². The number of carbonyl (C=O) groups is 1. The van der Waals surface area contributed by atoms with Gasteiger partial charge in [0.15, 0.2) is 6.29 Å². The van der Waals surface area contributed by atoms with Gasteiger partial charge in [0.25, 0.3) is 0 Å². The number of rotatable bonds is 4. The van der Waals surface area contributed by atoms with E-state index < -0.39 is 0 Å². The first-order valence-corrected chi connectivity index (χ1v) is 5.16. The molecule has 80 valence electrons. The summed E-state index contributed by atoms with van der Waals surface area (Å²) in [5.41, 5.74) is 1.03. The molecule has 0 spiro atoms. The molecule has 2 rings (SSSR count). The van der Waals surface area contributed by atoms with Crippen LogP contribution in [0.5, 0.6) is 0 Å². The number of ether oxygens (including phenoxy) is 2. The van der Waals surface area contributed by atoms with Crippen LogP contribution in [0.2, 0.25) is 0 Å². The zero-order valence-corrected chi connectivity index (χ0v) is 8.46. The van der Waals surface area contributed by atoms with E-state index in [2.05, 4.69) is 0 Å². The monoisotopic (exact) mass is 206 g/mol. The standard InChI is InChI=1S/C12H14O3/c13-8-4-7-11-9-14-12(15-11)10-5-2-1-3-6-10/h1-3,5-6,8,11-12H,4,7,9H2. The van der Waals surface area contributed by atoms with Gasteiger partial charge in [-0.1, -0.05) is 30.3 Å². The predicted octanol–water partition coefficient (Wildman–Crippen LogP) is 2.08. The summed E-state index contributed by atoms with van der Waals surface area (Å²) < 4.78 is 11.2. The molecule has 2 unspecified atom stereocenters. The third-order valence-corrected chi connectivity index (χ3v) is 2.43. The second-order valence-electron chi connectivity index (χ2n) is 3.58. The van der Waals surface area contributed by atoms with Crippen LogP contribution >= 0.6 is 0 Å². The topological polar surface area (TPSA) is 35.5 Å². The lowest BCUT2D eigenvalue weighted by atomic mass is 10.2. The summed E-state index contributed by atoms with van der Waals surface area (Å²) in [6, 6.07) is 9.84. The molecule has 3 heteroatoms. The average Bonchev–Trinajstić information content (AvgIpc) is 2.76. The van der Waals surface area contributed by atoms with E-state index in [0.717, 1.165) is 18.3 Å². The second-order valence-corrected chi connectivity index (χ2v) is 3.58. The summed E-state index contributed by atoms with van der Waals surface area (Å²) in [6.45, 7) is 0.577. The van der Waals surface area contributed by atoms with E-state index in [1.54, 1.807) is 0 Å². The lowest BCUT2D eigenvalue weighted by molar-refractivity contribution is -0.108. The Hall–Kier alpha value is -1.19. The Labute approximate surface area is 89.0 Å². The first kappa shape index (κ1) is 10.3. The Balaban J connectivity index is 1.90. The fourth-order valence-corrected chi connectivity index (χ4v) is 1.64. The highest BCUT2D eigenvalue weighted by molar-refractivity contribution is 5.49. The van der Waals surface area contributed by atoms with Gasteiger partial charge in [0, 0.05) is 12.0 Å². The maximum absolute atomic E-state index is 10.2. The highest BCUT2D eigenvalue weighted by Gasteiger charge is 2.26. The molecule has 3 nitrogen and oxygen atoms in total. The van der Waals surface area contributed by atoms with Crippen molar-refractivity contribution in [3.05, 3.63) is 35.9 Å². The molecule has 2 atom stereocenters. The molecule has 0 bridgehead atoms. The van der Waals surface area contributed by atoms with Gasteiger partial charge in [0.2, 0.25) is 0 Å². The minimum Gasteiger partial charge on any atom is -0.346 e. The van der Waals surface area contributed by atoms with E-state index in [-0.39, 0.29) is 12.4 Å². The summed E-state index contributed by atoms with van der Waals surface area (Å²) in [5, 5.41) is 0. The van der Waals surface area contributed by atoms with Crippen LogP contribution in [0.3, 0.4) is 0 Å². The van der Waals surface area contributed by atoms with Gasteiger partial charge >= 0.3 is 0 Å². The Bertz CT molecular complexity index is 310. The van der Waals surface area contributed by atoms with Crippen LogP contribution < -0.4 is 0 Å². The SMILES string of the molecule is O=CCCC1COC(c2ccccc2)O1. The minimum atomic E-state index is -0.261. The van der Waals surface area contributed by atoms with Crippen molar-refractivity contribution in [2.24, 2.45) is 0 Å². The fourth-order valence-electron chi connectivity index (χ4n) is 1.64. The maximum Gasteiger partial charge on any atom is 0.184 e. The van der Waals surface area contributed by atoms with E-state index in [1.165, 1.54) is 0 Å². The molecule has 0 saturated carbocycles. The molecule has 1 aromatic rings. The van der Waals surface area contributed by atoms with Crippen molar-refractivity contribution >= 4 is 6.29 Å². The van der Waals surface area contributed by atoms with Gasteiger partial charge in [-0.15, -0.1) is 0 Å². The molecule has 0 radical (unpaired) electrons. The van der Waals surface area contributed by atoms with Crippen LogP contribution in [-0.4, -0.2) is 19.0 Å². The highest BCUT2D eigenvalue weighted by Crippen LogP contribution is 2.28. The van der Waals surface area contributed by atoms with E-state index in [0.29, 0.717) is 13.0 Å². The van der Waals surface area contributed by atoms with Crippen molar-refractivity contribution in [1.82, 2.24) is 0 Å². The van der Waals surface area contributed by atoms with Gasteiger partial charge in [-0.05, 0) is 6.42 Å². The fraction of sp³-hybridized carbons (Fsp3) is 0.417. The molecule has 0 N–H and O–H groups in total. The Morgan fingerprint density at radius 1 is 1.33 bits per heavy atom. The summed E-state index contributed by atoms with van der Waals surface area (Å²) in [6.07, 6.45) is 1.99. The Kier molecular flexibility index (Phi) is 3.48. The van der Waals surface area contributed by atoms with Crippen LogP contribution in [0.4, 0.5) is 0 Å². The molecule has 0 aromatic heterocycles. The quantitative estimate of drug-likeness (QED) is 0.707. The lowest BCUT2D eigenvalue weighted by Crippen LogP contribution is -2.09. The molecule has 1 aromatic carbocycles. The zero-order valence-electron chi connectivity index (χ0n) is 8.46. The van der Waals surface area contributed by atoms with E-state index >= 15 is 0 Å². The van der Waals surface area contributed by atoms with Gasteiger partial charge in [-0.2, -0.15) is 0 Å². The van der Waals surface area contributed by atoms with Crippen molar-refractivity contribution in [2.45, 2.75) is 25.2 Å². The van der Waals surface area contributed by atoms with Crippen LogP contribution in [0, 0.1) is 0 Å². The molecule has 1 heterocycles. The van der Waals surface area contributed by atoms with E-state index in [9.17, 15) is 4.79 Å². The molecule has 0 aliphatic carbocycles. The van der Waals surface area contributed by atoms with Crippen LogP contribution in [0.1, 0.15) is 24.7 Å². The molecule has 0 amide bonds. The number of carbonyl (C=O) groups excluding carboxylic acids is 1. The van der Waals surface area contributed by atoms with E-state index in [4.69, 9.17) is 9.47 Å². The maximum atomic E-state index is 10.2. The van der Waals surface area contributed by atoms with Crippen LogP contribution in [-0.2, 0) is 14.3 Å². The summed E-state index contributed by atoms with van der Waals surface area (Å²) in [4.78, 5) is 10.2. The Morgan fingerprint density at radius 3 is 2.87 bits per heavy atom. The normalized spacial score (nSPS) is 25.3. The minimum absolute atomic E-state index is 0.0559. The van der Waals surface area contributed by atoms with Crippen LogP contribution in [0.15, 0.2) is 30.3 Å². The Morgan fingerprint density at radius 2 is 2.13 bits per heavy atom. The lowest BCUT2D eigenvalue weighted by Gasteiger charge is -2.10. The van der Waals surface area contributed by atoms with Gasteiger partial charge in [0.05, 0.1) is 12.7 Å². The number of benzene rings is 1. The predicted molar refractivity (Wildman–Crippen MR) is 55.3 cm³/mol. The molecular formula is C12H14O3. The first-order chi connectivity index (χ1) is 7.40. The van der Waals surface area contributed by atoms with Crippen molar-refractivity contribution in [3.8, 4) is 0 Å². The number of aldehydes is 1. The molecule has 1 fully saturated rings. The van der Waals surface area contributed by atoms with Gasteiger partial charge in [-0.25, -0.2) is 0 Å². The molecule has 1 aliphatic rings. The third kappa shape index (κ3) is 2.64. The summed E-state index contributed by atoms with van der Waals surface area (Å²) >= 11 is 0. The largest absolute Gasteiger partial charge is 0.346 e. The van der Waals surface area contributed by atoms with Crippen LogP contribution in [0.25, 0.3) is 0 Å². The second kappa shape index (κ2) is 5.05. The zero-order chi connectivity index (χ0) is 10.5. The third-order valence-electron chi connectivity index (χ3n) is 2.43. The van der Waals surface area contributed by atoms with Crippen molar-refractivity contribution in [1.29, 1.82) is 0 Å². The van der Waals surface area contributed by atoms with E-state index in [1.807, 2.05) is 30.3 Å².